The molecular weight excluding hydrogens is 260 g/mol. The molecule has 0 saturated carbocycles. The Morgan fingerprint density at radius 1 is 1.20 bits per heavy atom. The summed E-state index contributed by atoms with van der Waals surface area (Å²) in [5.74, 6) is -0.981. The van der Waals surface area contributed by atoms with Crippen LogP contribution in [0.1, 0.15) is 20.8 Å². The number of carbonyl (C=O) groups excluding carboxylic acids is 1. The number of aromatic hydroxyl groups is 1. The summed E-state index contributed by atoms with van der Waals surface area (Å²) in [6.07, 6.45) is 0. The van der Waals surface area contributed by atoms with Crippen molar-refractivity contribution in [2.45, 2.75) is 26.8 Å². The van der Waals surface area contributed by atoms with E-state index in [-0.39, 0.29) is 5.75 Å². The largest absolute Gasteiger partial charge is 0.508 e. The first-order valence-electron chi connectivity index (χ1n) is 6.19. The number of benzene rings is 1. The average Bonchev–Trinajstić information content (AvgIpc) is 2.33. The molecule has 3 N–H and O–H groups in total. The number of hydrogen-bond donors (Lipinski definition) is 3. The van der Waals surface area contributed by atoms with Crippen LogP contribution in [0.15, 0.2) is 24.3 Å². The number of amides is 2. The molecule has 6 nitrogen and oxygen atoms in total. The molecule has 0 aliphatic rings. The number of nitrogens with zero attached hydrogens (tertiary/aromatic N) is 1. The number of phenols is 1. The third kappa shape index (κ3) is 3.88. The fourth-order valence-electron chi connectivity index (χ4n) is 1.66. The van der Waals surface area contributed by atoms with Gasteiger partial charge in [0.25, 0.3) is 0 Å². The van der Waals surface area contributed by atoms with Crippen LogP contribution in [0.25, 0.3) is 0 Å². The molecule has 0 heterocycles. The number of aliphatic carboxylic acids is 1. The van der Waals surface area contributed by atoms with Crippen LogP contribution in [-0.4, -0.2) is 35.3 Å². The maximum absolute atomic E-state index is 12.1. The fraction of sp³-hybridized carbons (Fsp3) is 0.429. The van der Waals surface area contributed by atoms with Gasteiger partial charge in [-0.05, 0) is 29.7 Å². The molecule has 0 radical (unpaired) electrons. The van der Waals surface area contributed by atoms with Crippen molar-refractivity contribution in [1.29, 1.82) is 0 Å². The minimum Gasteiger partial charge on any atom is -0.508 e. The lowest BCUT2D eigenvalue weighted by molar-refractivity contribution is -0.141. The van der Waals surface area contributed by atoms with E-state index >= 15 is 0 Å². The van der Waals surface area contributed by atoms with Crippen LogP contribution in [0.5, 0.6) is 5.75 Å². The average molecular weight is 280 g/mol. The first-order valence-corrected chi connectivity index (χ1v) is 6.19. The maximum atomic E-state index is 12.1. The summed E-state index contributed by atoms with van der Waals surface area (Å²) in [6, 6.07) is 4.55. The summed E-state index contributed by atoms with van der Waals surface area (Å²) >= 11 is 0. The molecule has 1 aromatic carbocycles. The van der Waals surface area contributed by atoms with Gasteiger partial charge in [-0.15, -0.1) is 0 Å². The predicted molar refractivity (Wildman–Crippen MR) is 75.9 cm³/mol. The molecule has 0 saturated heterocycles. The SMILES string of the molecule is CN(C(=O)NC(C(=O)O)C(C)(C)C)c1ccc(O)cc1. The molecule has 0 aromatic heterocycles. The van der Waals surface area contributed by atoms with Crippen molar-refractivity contribution in [2.24, 2.45) is 5.41 Å². The van der Waals surface area contributed by atoms with Gasteiger partial charge in [0, 0.05) is 12.7 Å². The Bertz CT molecular complexity index is 491. The van der Waals surface area contributed by atoms with E-state index in [9.17, 15) is 19.8 Å². The highest BCUT2D eigenvalue weighted by Crippen LogP contribution is 2.21. The second-order valence-electron chi connectivity index (χ2n) is 5.66. The molecule has 1 aromatic rings. The van der Waals surface area contributed by atoms with Crippen molar-refractivity contribution in [3.8, 4) is 5.75 Å². The Morgan fingerprint density at radius 2 is 1.70 bits per heavy atom. The molecule has 0 aliphatic carbocycles. The lowest BCUT2D eigenvalue weighted by Gasteiger charge is -2.29. The van der Waals surface area contributed by atoms with Gasteiger partial charge in [0.1, 0.15) is 11.8 Å². The van der Waals surface area contributed by atoms with Gasteiger partial charge in [0.15, 0.2) is 0 Å². The maximum Gasteiger partial charge on any atom is 0.326 e. The highest BCUT2D eigenvalue weighted by atomic mass is 16.4. The van der Waals surface area contributed by atoms with Crippen LogP contribution < -0.4 is 10.2 Å². The Morgan fingerprint density at radius 3 is 2.10 bits per heavy atom. The summed E-state index contributed by atoms with van der Waals surface area (Å²) in [5.41, 5.74) is -0.0459. The quantitative estimate of drug-likeness (QED) is 0.790. The van der Waals surface area contributed by atoms with Crippen LogP contribution in [0, 0.1) is 5.41 Å². The first-order chi connectivity index (χ1) is 9.12. The summed E-state index contributed by atoms with van der Waals surface area (Å²) in [6.45, 7) is 5.23. The molecule has 0 aliphatic heterocycles. The van der Waals surface area contributed by atoms with E-state index < -0.39 is 23.5 Å². The van der Waals surface area contributed by atoms with E-state index in [2.05, 4.69) is 5.32 Å². The Balaban J connectivity index is 2.84. The van der Waals surface area contributed by atoms with Crippen LogP contribution in [-0.2, 0) is 4.79 Å². The molecule has 6 heteroatoms. The highest BCUT2D eigenvalue weighted by molar-refractivity contribution is 5.94. The van der Waals surface area contributed by atoms with E-state index in [0.717, 1.165) is 0 Å². The minimum atomic E-state index is -1.08. The van der Waals surface area contributed by atoms with E-state index in [1.807, 2.05) is 0 Å². The van der Waals surface area contributed by atoms with Gasteiger partial charge in [0.2, 0.25) is 0 Å². The number of rotatable bonds is 3. The normalized spacial score (nSPS) is 12.6. The van der Waals surface area contributed by atoms with Crippen LogP contribution >= 0.6 is 0 Å². The third-order valence-electron chi connectivity index (χ3n) is 2.92. The standard InChI is InChI=1S/C14H20N2O4/c1-14(2,3)11(12(18)19)15-13(20)16(4)9-5-7-10(17)8-6-9/h5-8,11,17H,1-4H3,(H,15,20)(H,18,19). The lowest BCUT2D eigenvalue weighted by atomic mass is 9.87. The van der Waals surface area contributed by atoms with Crippen LogP contribution in [0.4, 0.5) is 10.5 Å². The lowest BCUT2D eigenvalue weighted by Crippen LogP contribution is -2.52. The van der Waals surface area contributed by atoms with Crippen molar-refractivity contribution in [3.63, 3.8) is 0 Å². The third-order valence-corrected chi connectivity index (χ3v) is 2.92. The van der Waals surface area contributed by atoms with Crippen molar-refractivity contribution in [2.75, 3.05) is 11.9 Å². The van der Waals surface area contributed by atoms with Gasteiger partial charge in [-0.3, -0.25) is 4.90 Å². The summed E-state index contributed by atoms with van der Waals surface area (Å²) in [5, 5.41) is 20.9. The van der Waals surface area contributed by atoms with Gasteiger partial charge in [0.05, 0.1) is 0 Å². The summed E-state index contributed by atoms with van der Waals surface area (Å²) in [4.78, 5) is 24.6. The predicted octanol–water partition coefficient (Wildman–Crippen LogP) is 2.04. The van der Waals surface area contributed by atoms with E-state index in [0.29, 0.717) is 5.69 Å². The minimum absolute atomic E-state index is 0.0978. The van der Waals surface area contributed by atoms with Gasteiger partial charge in [-0.25, -0.2) is 9.59 Å². The fourth-order valence-corrected chi connectivity index (χ4v) is 1.66. The van der Waals surface area contributed by atoms with E-state index in [1.54, 1.807) is 32.9 Å². The monoisotopic (exact) mass is 280 g/mol. The van der Waals surface area contributed by atoms with Crippen molar-refractivity contribution >= 4 is 17.7 Å². The zero-order valence-electron chi connectivity index (χ0n) is 12.0. The Labute approximate surface area is 118 Å². The van der Waals surface area contributed by atoms with E-state index in [1.165, 1.54) is 24.1 Å². The number of carboxylic acids is 1. The molecule has 1 atom stereocenters. The second kappa shape index (κ2) is 5.81. The topological polar surface area (TPSA) is 89.9 Å². The molecule has 2 amide bonds. The van der Waals surface area contributed by atoms with Crippen molar-refractivity contribution in [1.82, 2.24) is 5.32 Å². The number of phenolic OH excluding ortho intramolecular Hbond substituents is 1. The van der Waals surface area contributed by atoms with Gasteiger partial charge >= 0.3 is 12.0 Å². The number of carbonyl (C=O) groups is 2. The van der Waals surface area contributed by atoms with E-state index in [4.69, 9.17) is 0 Å². The number of nitrogens with one attached hydrogen (secondary N) is 1. The Hall–Kier alpha value is -2.24. The van der Waals surface area contributed by atoms with Crippen molar-refractivity contribution in [3.05, 3.63) is 24.3 Å². The smallest absolute Gasteiger partial charge is 0.326 e. The van der Waals surface area contributed by atoms with Gasteiger partial charge < -0.3 is 15.5 Å². The van der Waals surface area contributed by atoms with Gasteiger partial charge in [-0.1, -0.05) is 20.8 Å². The summed E-state index contributed by atoms with van der Waals surface area (Å²) in [7, 11) is 1.53. The number of anilines is 1. The molecule has 0 fully saturated rings. The molecule has 1 rings (SSSR count). The molecule has 20 heavy (non-hydrogen) atoms. The van der Waals surface area contributed by atoms with Crippen molar-refractivity contribution < 1.29 is 19.8 Å². The van der Waals surface area contributed by atoms with Crippen LogP contribution in [0.3, 0.4) is 0 Å². The number of carboxylic acid groups (broad SMARTS) is 1. The molecule has 0 bridgehead atoms. The molecular formula is C14H20N2O4. The zero-order valence-corrected chi connectivity index (χ0v) is 12.0. The van der Waals surface area contributed by atoms with Crippen LogP contribution in [0.2, 0.25) is 0 Å². The Kier molecular flexibility index (Phi) is 4.60. The summed E-state index contributed by atoms with van der Waals surface area (Å²) < 4.78 is 0. The highest BCUT2D eigenvalue weighted by Gasteiger charge is 2.33. The first kappa shape index (κ1) is 15.8. The molecule has 1 unspecified atom stereocenters. The molecule has 0 spiro atoms. The number of hydrogen-bond acceptors (Lipinski definition) is 3. The van der Waals surface area contributed by atoms with Gasteiger partial charge in [-0.2, -0.15) is 0 Å². The molecule has 110 valence electrons. The zero-order chi connectivity index (χ0) is 15.5. The second-order valence-corrected chi connectivity index (χ2v) is 5.66. The number of urea groups is 1.